The van der Waals surface area contributed by atoms with Crippen molar-refractivity contribution in [3.8, 4) is 0 Å². The van der Waals surface area contributed by atoms with Gasteiger partial charge in [0.2, 0.25) is 0 Å². The summed E-state index contributed by atoms with van der Waals surface area (Å²) >= 11 is 3.50. The van der Waals surface area contributed by atoms with Gasteiger partial charge in [-0.15, -0.1) is 0 Å². The van der Waals surface area contributed by atoms with E-state index < -0.39 is 0 Å². The first-order valence-electron chi connectivity index (χ1n) is 11.1. The van der Waals surface area contributed by atoms with Crippen LogP contribution in [-0.2, 0) is 20.8 Å². The molecule has 2 N–H and O–H groups in total. The molecule has 7 nitrogen and oxygen atoms in total. The van der Waals surface area contributed by atoms with E-state index in [1.54, 1.807) is 6.07 Å². The lowest BCUT2D eigenvalue weighted by molar-refractivity contribution is -0.141. The molecule has 0 atom stereocenters. The summed E-state index contributed by atoms with van der Waals surface area (Å²) in [6, 6.07) is 4.16. The van der Waals surface area contributed by atoms with E-state index in [2.05, 4.69) is 27.8 Å². The maximum atomic E-state index is 12.6. The van der Waals surface area contributed by atoms with Gasteiger partial charge in [-0.25, -0.2) is 4.79 Å². The number of esters is 2. The molecule has 1 aromatic carbocycles. The van der Waals surface area contributed by atoms with E-state index in [1.165, 1.54) is 39.0 Å². The molecule has 0 aromatic heterocycles. The summed E-state index contributed by atoms with van der Waals surface area (Å²) in [7, 11) is 1.89. The van der Waals surface area contributed by atoms with Crippen molar-refractivity contribution in [1.82, 2.24) is 9.80 Å². The summed E-state index contributed by atoms with van der Waals surface area (Å²) in [5.41, 5.74) is 8.45. The lowest BCUT2D eigenvalue weighted by Gasteiger charge is -2.34. The third-order valence-corrected chi connectivity index (χ3v) is 6.46. The van der Waals surface area contributed by atoms with Gasteiger partial charge in [0.15, 0.2) is 0 Å². The number of likely N-dealkylation sites (N-methyl/N-ethyl adjacent to an activating group) is 1. The van der Waals surface area contributed by atoms with Crippen LogP contribution < -0.4 is 5.73 Å². The Labute approximate surface area is 194 Å². The minimum Gasteiger partial charge on any atom is -0.465 e. The van der Waals surface area contributed by atoms with Gasteiger partial charge in [0.25, 0.3) is 0 Å². The second-order valence-corrected chi connectivity index (χ2v) is 9.02. The number of anilines is 1. The van der Waals surface area contributed by atoms with E-state index in [-0.39, 0.29) is 18.5 Å². The van der Waals surface area contributed by atoms with Crippen molar-refractivity contribution in [2.24, 2.45) is 0 Å². The van der Waals surface area contributed by atoms with Crippen LogP contribution in [0.1, 0.15) is 61.9 Å². The Bertz CT molecular complexity index is 738. The Balaban J connectivity index is 1.94. The maximum Gasteiger partial charge on any atom is 0.338 e. The SMILES string of the molecule is CCN(Cc1cc(C(=O)OCCN(C)CCOC(C)=O)cc(Br)c1N)C1CCCCC1. The molecule has 0 bridgehead atoms. The molecule has 0 aliphatic heterocycles. The number of nitrogens with two attached hydrogens (primary N) is 1. The van der Waals surface area contributed by atoms with E-state index >= 15 is 0 Å². The molecule has 1 aliphatic rings. The van der Waals surface area contributed by atoms with E-state index in [0.29, 0.717) is 37.0 Å². The largest absolute Gasteiger partial charge is 0.465 e. The highest BCUT2D eigenvalue weighted by molar-refractivity contribution is 9.10. The summed E-state index contributed by atoms with van der Waals surface area (Å²) in [5, 5.41) is 0. The van der Waals surface area contributed by atoms with E-state index in [1.807, 2.05) is 18.0 Å². The molecule has 0 spiro atoms. The van der Waals surface area contributed by atoms with Crippen LogP contribution in [0.3, 0.4) is 0 Å². The minimum absolute atomic E-state index is 0.260. The number of carbonyl (C=O) groups is 2. The average Bonchev–Trinajstić information content (AvgIpc) is 2.74. The average molecular weight is 498 g/mol. The van der Waals surface area contributed by atoms with Gasteiger partial charge in [-0.05, 0) is 60.1 Å². The number of nitrogens with zero attached hydrogens (tertiary/aromatic N) is 2. The second kappa shape index (κ2) is 13.0. The number of carbonyl (C=O) groups excluding carboxylic acids is 2. The van der Waals surface area contributed by atoms with Crippen molar-refractivity contribution < 1.29 is 19.1 Å². The Morgan fingerprint density at radius 1 is 1.13 bits per heavy atom. The number of ether oxygens (including phenoxy) is 2. The lowest BCUT2D eigenvalue weighted by atomic mass is 9.93. The number of hydrogen-bond acceptors (Lipinski definition) is 7. The molecule has 8 heteroatoms. The predicted molar refractivity (Wildman–Crippen MR) is 126 cm³/mol. The van der Waals surface area contributed by atoms with Gasteiger partial charge in [0.05, 0.1) is 11.3 Å². The van der Waals surface area contributed by atoms with Crippen LogP contribution in [-0.4, -0.2) is 67.7 Å². The minimum atomic E-state index is -0.365. The highest BCUT2D eigenvalue weighted by Crippen LogP contribution is 2.29. The monoisotopic (exact) mass is 497 g/mol. The normalized spacial score (nSPS) is 14.8. The van der Waals surface area contributed by atoms with Gasteiger partial charge >= 0.3 is 11.9 Å². The van der Waals surface area contributed by atoms with Gasteiger partial charge < -0.3 is 15.2 Å². The maximum absolute atomic E-state index is 12.6. The fourth-order valence-electron chi connectivity index (χ4n) is 3.92. The van der Waals surface area contributed by atoms with Gasteiger partial charge in [-0.1, -0.05) is 26.2 Å². The first-order valence-corrected chi connectivity index (χ1v) is 11.9. The molecular weight excluding hydrogens is 462 g/mol. The van der Waals surface area contributed by atoms with Gasteiger partial charge in [0, 0.05) is 37.1 Å². The smallest absolute Gasteiger partial charge is 0.338 e. The summed E-state index contributed by atoms with van der Waals surface area (Å²) < 4.78 is 11.1. The summed E-state index contributed by atoms with van der Waals surface area (Å²) in [6.45, 7) is 6.97. The van der Waals surface area contributed by atoms with Crippen molar-refractivity contribution in [3.63, 3.8) is 0 Å². The molecular formula is C23H36BrN3O4. The zero-order valence-corrected chi connectivity index (χ0v) is 20.6. The number of benzene rings is 1. The highest BCUT2D eigenvalue weighted by Gasteiger charge is 2.22. The van der Waals surface area contributed by atoms with Crippen LogP contribution in [0.15, 0.2) is 16.6 Å². The number of nitrogen functional groups attached to an aromatic ring is 1. The number of hydrogen-bond donors (Lipinski definition) is 1. The second-order valence-electron chi connectivity index (χ2n) is 8.17. The fraction of sp³-hybridized carbons (Fsp3) is 0.652. The van der Waals surface area contributed by atoms with Crippen LogP contribution in [0.4, 0.5) is 5.69 Å². The highest BCUT2D eigenvalue weighted by atomic mass is 79.9. The van der Waals surface area contributed by atoms with E-state index in [9.17, 15) is 9.59 Å². The lowest BCUT2D eigenvalue weighted by Crippen LogP contribution is -2.36. The topological polar surface area (TPSA) is 85.1 Å². The first kappa shape index (κ1) is 25.6. The molecule has 0 amide bonds. The van der Waals surface area contributed by atoms with E-state index in [4.69, 9.17) is 15.2 Å². The van der Waals surface area contributed by atoms with Gasteiger partial charge in [-0.3, -0.25) is 14.6 Å². The number of halogens is 1. The van der Waals surface area contributed by atoms with Crippen molar-refractivity contribution >= 4 is 33.6 Å². The van der Waals surface area contributed by atoms with Crippen molar-refractivity contribution in [2.45, 2.75) is 58.5 Å². The quantitative estimate of drug-likeness (QED) is 0.367. The zero-order chi connectivity index (χ0) is 22.8. The Kier molecular flexibility index (Phi) is 10.8. The molecule has 31 heavy (non-hydrogen) atoms. The predicted octanol–water partition coefficient (Wildman–Crippen LogP) is 3.84. The van der Waals surface area contributed by atoms with Gasteiger partial charge in [0.1, 0.15) is 13.2 Å². The third-order valence-electron chi connectivity index (χ3n) is 5.81. The summed E-state index contributed by atoms with van der Waals surface area (Å²) in [4.78, 5) is 27.8. The molecule has 0 unspecified atom stereocenters. The van der Waals surface area contributed by atoms with Crippen LogP contribution >= 0.6 is 15.9 Å². The molecule has 1 fully saturated rings. The Hall–Kier alpha value is -1.64. The van der Waals surface area contributed by atoms with Crippen molar-refractivity contribution in [2.75, 3.05) is 45.6 Å². The summed E-state index contributed by atoms with van der Waals surface area (Å²) in [6.07, 6.45) is 6.33. The van der Waals surface area contributed by atoms with Crippen LogP contribution in [0, 0.1) is 0 Å². The van der Waals surface area contributed by atoms with E-state index in [0.717, 1.165) is 23.1 Å². The van der Waals surface area contributed by atoms with Crippen LogP contribution in [0.5, 0.6) is 0 Å². The summed E-state index contributed by atoms with van der Waals surface area (Å²) in [5.74, 6) is -0.661. The first-order chi connectivity index (χ1) is 14.8. The standard InChI is InChI=1S/C23H36BrN3O4/c1-4-27(20-8-6-5-7-9-20)16-19-14-18(15-21(24)22(19)25)23(29)31-13-11-26(3)10-12-30-17(2)28/h14-15,20H,4-13,16,25H2,1-3H3. The third kappa shape index (κ3) is 8.43. The van der Waals surface area contributed by atoms with Crippen LogP contribution in [0.25, 0.3) is 0 Å². The van der Waals surface area contributed by atoms with Crippen molar-refractivity contribution in [3.05, 3.63) is 27.7 Å². The van der Waals surface area contributed by atoms with Crippen molar-refractivity contribution in [1.29, 1.82) is 0 Å². The molecule has 0 radical (unpaired) electrons. The number of rotatable bonds is 11. The van der Waals surface area contributed by atoms with Crippen LogP contribution in [0.2, 0.25) is 0 Å². The Morgan fingerprint density at radius 2 is 1.77 bits per heavy atom. The van der Waals surface area contributed by atoms with Gasteiger partial charge in [-0.2, -0.15) is 0 Å². The molecule has 0 saturated heterocycles. The fourth-order valence-corrected chi connectivity index (χ4v) is 4.42. The molecule has 2 rings (SSSR count). The molecule has 1 aromatic rings. The molecule has 1 saturated carbocycles. The zero-order valence-electron chi connectivity index (χ0n) is 19.0. The molecule has 174 valence electrons. The molecule has 0 heterocycles. The Morgan fingerprint density at radius 3 is 2.39 bits per heavy atom. The molecule has 1 aliphatic carbocycles.